The zero-order chi connectivity index (χ0) is 27.1. The highest BCUT2D eigenvalue weighted by Crippen LogP contribution is 2.08. The smallest absolute Gasteiger partial charge is 0.326 e. The van der Waals surface area contributed by atoms with E-state index in [0.29, 0.717) is 19.4 Å². The van der Waals surface area contributed by atoms with Crippen LogP contribution < -0.4 is 33.2 Å². The summed E-state index contributed by atoms with van der Waals surface area (Å²) in [5, 5.41) is 25.9. The van der Waals surface area contributed by atoms with E-state index < -0.39 is 60.4 Å². The first-order valence-corrected chi connectivity index (χ1v) is 11.6. The SMILES string of the molecule is NCCCCC(NC(=O)C(Cc1ccccc1)NC(=O)C(N)CO)C(=O)NC(CCC(N)=O)C(=O)O. The van der Waals surface area contributed by atoms with Crippen LogP contribution in [-0.4, -0.2) is 77.1 Å². The molecule has 4 amide bonds. The molecule has 4 unspecified atom stereocenters. The second kappa shape index (κ2) is 16.2. The van der Waals surface area contributed by atoms with E-state index in [2.05, 4.69) is 16.0 Å². The first-order valence-electron chi connectivity index (χ1n) is 11.6. The van der Waals surface area contributed by atoms with E-state index in [1.807, 2.05) is 0 Å². The predicted molar refractivity (Wildman–Crippen MR) is 130 cm³/mol. The van der Waals surface area contributed by atoms with Gasteiger partial charge in [0, 0.05) is 12.8 Å². The summed E-state index contributed by atoms with van der Waals surface area (Å²) in [6.07, 6.45) is 0.769. The van der Waals surface area contributed by atoms with Crippen LogP contribution in [0.1, 0.15) is 37.7 Å². The number of hydrogen-bond donors (Lipinski definition) is 8. The van der Waals surface area contributed by atoms with E-state index in [4.69, 9.17) is 22.3 Å². The molecule has 0 aliphatic heterocycles. The maximum Gasteiger partial charge on any atom is 0.326 e. The second-order valence-corrected chi connectivity index (χ2v) is 8.29. The van der Waals surface area contributed by atoms with Crippen LogP contribution in [0.5, 0.6) is 0 Å². The summed E-state index contributed by atoms with van der Waals surface area (Å²) in [7, 11) is 0. The van der Waals surface area contributed by atoms with Gasteiger partial charge in [0.15, 0.2) is 0 Å². The molecular weight excluding hydrogens is 472 g/mol. The Hall–Kier alpha value is -3.55. The number of benzene rings is 1. The van der Waals surface area contributed by atoms with Crippen LogP contribution in [0, 0.1) is 0 Å². The Morgan fingerprint density at radius 2 is 1.42 bits per heavy atom. The molecule has 200 valence electrons. The number of aliphatic hydroxyl groups is 1. The van der Waals surface area contributed by atoms with Crippen LogP contribution >= 0.6 is 0 Å². The molecule has 13 heteroatoms. The van der Waals surface area contributed by atoms with Crippen molar-refractivity contribution in [2.45, 2.75) is 62.7 Å². The minimum absolute atomic E-state index is 0.0735. The molecule has 1 aromatic carbocycles. The molecule has 1 rings (SSSR count). The summed E-state index contributed by atoms with van der Waals surface area (Å²) < 4.78 is 0. The summed E-state index contributed by atoms with van der Waals surface area (Å²) in [6.45, 7) is -0.276. The fourth-order valence-corrected chi connectivity index (χ4v) is 3.27. The average Bonchev–Trinajstić information content (AvgIpc) is 2.85. The van der Waals surface area contributed by atoms with Gasteiger partial charge in [0.25, 0.3) is 0 Å². The number of rotatable bonds is 17. The van der Waals surface area contributed by atoms with Crippen molar-refractivity contribution in [3.8, 4) is 0 Å². The number of hydrogen-bond acceptors (Lipinski definition) is 8. The molecule has 0 bridgehead atoms. The van der Waals surface area contributed by atoms with Gasteiger partial charge in [0.2, 0.25) is 23.6 Å². The molecule has 0 aliphatic rings. The van der Waals surface area contributed by atoms with E-state index in [1.165, 1.54) is 0 Å². The molecule has 13 nitrogen and oxygen atoms in total. The topological polar surface area (TPSA) is 240 Å². The fraction of sp³-hybridized carbons (Fsp3) is 0.522. The average molecular weight is 509 g/mol. The van der Waals surface area contributed by atoms with Crippen LogP contribution in [0.25, 0.3) is 0 Å². The number of aliphatic hydroxyl groups excluding tert-OH is 1. The van der Waals surface area contributed by atoms with Gasteiger partial charge >= 0.3 is 5.97 Å². The predicted octanol–water partition coefficient (Wildman–Crippen LogP) is -2.52. The first-order chi connectivity index (χ1) is 17.1. The number of nitrogens with two attached hydrogens (primary N) is 3. The van der Waals surface area contributed by atoms with Crippen molar-refractivity contribution in [1.82, 2.24) is 16.0 Å². The molecule has 0 heterocycles. The number of carbonyl (C=O) groups is 5. The van der Waals surface area contributed by atoms with Crippen LogP contribution in [0.3, 0.4) is 0 Å². The van der Waals surface area contributed by atoms with Gasteiger partial charge in [-0.1, -0.05) is 30.3 Å². The number of unbranched alkanes of at least 4 members (excludes halogenated alkanes) is 1. The summed E-state index contributed by atoms with van der Waals surface area (Å²) in [5.41, 5.74) is 16.9. The third kappa shape index (κ3) is 11.3. The Kier molecular flexibility index (Phi) is 13.7. The normalized spacial score (nSPS) is 14.1. The fourth-order valence-electron chi connectivity index (χ4n) is 3.27. The Bertz CT molecular complexity index is 883. The Morgan fingerprint density at radius 1 is 0.833 bits per heavy atom. The van der Waals surface area contributed by atoms with Gasteiger partial charge < -0.3 is 43.4 Å². The van der Waals surface area contributed by atoms with Crippen LogP contribution in [0.2, 0.25) is 0 Å². The summed E-state index contributed by atoms with van der Waals surface area (Å²) in [6, 6.07) is 3.89. The maximum atomic E-state index is 13.2. The van der Waals surface area contributed by atoms with Crippen LogP contribution in [0.4, 0.5) is 0 Å². The third-order valence-electron chi connectivity index (χ3n) is 5.32. The maximum absolute atomic E-state index is 13.2. The summed E-state index contributed by atoms with van der Waals surface area (Å²) in [4.78, 5) is 60.9. The van der Waals surface area contributed by atoms with Crippen molar-refractivity contribution in [3.63, 3.8) is 0 Å². The van der Waals surface area contributed by atoms with Crippen LogP contribution in [-0.2, 0) is 30.4 Å². The first kappa shape index (κ1) is 30.5. The molecule has 0 spiro atoms. The third-order valence-corrected chi connectivity index (χ3v) is 5.32. The molecule has 0 fully saturated rings. The highest BCUT2D eigenvalue weighted by atomic mass is 16.4. The molecule has 0 saturated carbocycles. The lowest BCUT2D eigenvalue weighted by Gasteiger charge is -2.25. The minimum Gasteiger partial charge on any atom is -0.480 e. The van der Waals surface area contributed by atoms with Crippen molar-refractivity contribution >= 4 is 29.6 Å². The molecule has 1 aromatic rings. The number of carboxylic acids is 1. The van der Waals surface area contributed by atoms with E-state index in [9.17, 15) is 29.1 Å². The van der Waals surface area contributed by atoms with E-state index in [-0.39, 0.29) is 25.7 Å². The zero-order valence-electron chi connectivity index (χ0n) is 20.0. The summed E-state index contributed by atoms with van der Waals surface area (Å²) in [5.74, 6) is -4.30. The van der Waals surface area contributed by atoms with Gasteiger partial charge in [-0.3, -0.25) is 19.2 Å². The lowest BCUT2D eigenvalue weighted by Crippen LogP contribution is -2.58. The number of primary amides is 1. The van der Waals surface area contributed by atoms with E-state index in [1.54, 1.807) is 30.3 Å². The standard InChI is InChI=1S/C23H36N6O7/c24-11-5-4-8-16(21(33)28-17(23(35)36)9-10-19(26)31)27-22(34)18(29-20(32)15(25)13-30)12-14-6-2-1-3-7-14/h1-3,6-7,15-18,30H,4-5,8-13,24-25H2,(H2,26,31)(H,27,34)(H,28,33)(H,29,32)(H,35,36). The van der Waals surface area contributed by atoms with Gasteiger partial charge in [0.05, 0.1) is 6.61 Å². The Morgan fingerprint density at radius 3 is 1.97 bits per heavy atom. The molecular formula is C23H36N6O7. The molecule has 0 saturated heterocycles. The second-order valence-electron chi connectivity index (χ2n) is 8.29. The molecule has 36 heavy (non-hydrogen) atoms. The minimum atomic E-state index is -1.39. The van der Waals surface area contributed by atoms with Crippen molar-refractivity contribution in [2.75, 3.05) is 13.2 Å². The number of carboxylic acid groups (broad SMARTS) is 1. The molecule has 0 aliphatic carbocycles. The largest absolute Gasteiger partial charge is 0.480 e. The molecule has 4 atom stereocenters. The van der Waals surface area contributed by atoms with Crippen LogP contribution in [0.15, 0.2) is 30.3 Å². The van der Waals surface area contributed by atoms with E-state index >= 15 is 0 Å². The van der Waals surface area contributed by atoms with Gasteiger partial charge in [-0.05, 0) is 37.8 Å². The Labute approximate surface area is 209 Å². The Balaban J connectivity index is 3.06. The van der Waals surface area contributed by atoms with Crippen molar-refractivity contribution in [1.29, 1.82) is 0 Å². The van der Waals surface area contributed by atoms with Gasteiger partial charge in [-0.2, -0.15) is 0 Å². The molecule has 0 aromatic heterocycles. The van der Waals surface area contributed by atoms with E-state index in [0.717, 1.165) is 5.56 Å². The lowest BCUT2D eigenvalue weighted by molar-refractivity contribution is -0.142. The number of carbonyl (C=O) groups excluding carboxylic acids is 4. The van der Waals surface area contributed by atoms with Gasteiger partial charge in [-0.25, -0.2) is 4.79 Å². The monoisotopic (exact) mass is 508 g/mol. The van der Waals surface area contributed by atoms with Crippen molar-refractivity contribution < 1.29 is 34.2 Å². The van der Waals surface area contributed by atoms with Gasteiger partial charge in [-0.15, -0.1) is 0 Å². The molecule has 11 N–H and O–H groups in total. The zero-order valence-corrected chi connectivity index (χ0v) is 20.0. The number of amides is 4. The highest BCUT2D eigenvalue weighted by Gasteiger charge is 2.30. The number of aliphatic carboxylic acids is 1. The highest BCUT2D eigenvalue weighted by molar-refractivity contribution is 5.94. The number of nitrogens with one attached hydrogen (secondary N) is 3. The summed E-state index contributed by atoms with van der Waals surface area (Å²) >= 11 is 0. The van der Waals surface area contributed by atoms with Gasteiger partial charge in [0.1, 0.15) is 24.2 Å². The van der Waals surface area contributed by atoms with Crippen molar-refractivity contribution in [3.05, 3.63) is 35.9 Å². The molecule has 0 radical (unpaired) electrons. The quantitative estimate of drug-likeness (QED) is 0.103. The lowest BCUT2D eigenvalue weighted by atomic mass is 10.0. The van der Waals surface area contributed by atoms with Crippen molar-refractivity contribution in [2.24, 2.45) is 17.2 Å².